The van der Waals surface area contributed by atoms with Gasteiger partial charge in [0.1, 0.15) is 0 Å². The fraction of sp³-hybridized carbons (Fsp3) is 0.500. The number of benzene rings is 1. The van der Waals surface area contributed by atoms with Crippen LogP contribution in [0, 0.1) is 5.41 Å². The van der Waals surface area contributed by atoms with E-state index in [0.29, 0.717) is 11.3 Å². The second kappa shape index (κ2) is 5.81. The van der Waals surface area contributed by atoms with Crippen molar-refractivity contribution < 1.29 is 13.5 Å². The van der Waals surface area contributed by atoms with E-state index < -0.39 is 9.84 Å². The zero-order valence-corrected chi connectivity index (χ0v) is 13.6. The number of aliphatic hydroxyl groups excluding tert-OH is 1. The maximum Gasteiger partial charge on any atom is 0.175 e. The van der Waals surface area contributed by atoms with Crippen LogP contribution >= 0.6 is 0 Å². The molecular formula is C16H23NO3S. The van der Waals surface area contributed by atoms with Crippen LogP contribution in [0.1, 0.15) is 33.1 Å². The Labute approximate surface area is 126 Å². The van der Waals surface area contributed by atoms with E-state index in [9.17, 15) is 13.5 Å². The van der Waals surface area contributed by atoms with Crippen molar-refractivity contribution in [3.05, 3.63) is 36.0 Å². The van der Waals surface area contributed by atoms with Gasteiger partial charge in [-0.15, -0.1) is 0 Å². The van der Waals surface area contributed by atoms with Crippen LogP contribution in [0.5, 0.6) is 0 Å². The number of sulfone groups is 1. The smallest absolute Gasteiger partial charge is 0.175 e. The van der Waals surface area contributed by atoms with Gasteiger partial charge in [0.05, 0.1) is 11.0 Å². The first kappa shape index (κ1) is 16.0. The molecule has 0 aromatic heterocycles. The lowest BCUT2D eigenvalue weighted by molar-refractivity contribution is 0.0906. The molecule has 116 valence electrons. The lowest BCUT2D eigenvalue weighted by Crippen LogP contribution is -2.27. The van der Waals surface area contributed by atoms with Gasteiger partial charge in [0.15, 0.2) is 9.84 Å². The normalized spacial score (nSPS) is 24.0. The van der Waals surface area contributed by atoms with E-state index in [1.54, 1.807) is 18.2 Å². The molecule has 4 nitrogen and oxygen atoms in total. The Hall–Kier alpha value is -1.33. The van der Waals surface area contributed by atoms with Crippen LogP contribution in [0.15, 0.2) is 40.9 Å². The molecule has 0 radical (unpaired) electrons. The van der Waals surface area contributed by atoms with Crippen LogP contribution in [0.4, 0.5) is 5.69 Å². The van der Waals surface area contributed by atoms with Gasteiger partial charge >= 0.3 is 0 Å². The average Bonchev–Trinajstić information content (AvgIpc) is 2.33. The second-order valence-corrected chi connectivity index (χ2v) is 8.67. The fourth-order valence-corrected chi connectivity index (χ4v) is 3.55. The quantitative estimate of drug-likeness (QED) is 0.901. The van der Waals surface area contributed by atoms with E-state index >= 15 is 0 Å². The standard InChI is InChI=1S/C16H23NO3S/c1-16(2)9-12(7-14(18)10-16)11-17-13-5-4-6-15(8-13)21(3,19)20/h4-6,8,11,14,17-18H,7,9-10H2,1-3H3/b12-11-. The molecule has 1 aromatic carbocycles. The molecule has 1 saturated carbocycles. The van der Waals surface area contributed by atoms with Gasteiger partial charge in [-0.2, -0.15) is 0 Å². The molecule has 21 heavy (non-hydrogen) atoms. The first-order valence-electron chi connectivity index (χ1n) is 7.08. The molecule has 0 aliphatic heterocycles. The molecule has 0 heterocycles. The molecule has 0 amide bonds. The van der Waals surface area contributed by atoms with Gasteiger partial charge in [-0.25, -0.2) is 8.42 Å². The number of hydrogen-bond donors (Lipinski definition) is 2. The summed E-state index contributed by atoms with van der Waals surface area (Å²) in [5.74, 6) is 0. The summed E-state index contributed by atoms with van der Waals surface area (Å²) in [6, 6.07) is 6.75. The van der Waals surface area contributed by atoms with E-state index in [1.165, 1.54) is 6.26 Å². The molecule has 1 aliphatic carbocycles. The molecular weight excluding hydrogens is 286 g/mol. The van der Waals surface area contributed by atoms with E-state index in [1.807, 2.05) is 12.3 Å². The number of nitrogens with one attached hydrogen (secondary N) is 1. The van der Waals surface area contributed by atoms with E-state index in [-0.39, 0.29) is 11.5 Å². The predicted molar refractivity (Wildman–Crippen MR) is 84.9 cm³/mol. The Morgan fingerprint density at radius 3 is 2.71 bits per heavy atom. The molecule has 2 rings (SSSR count). The number of rotatable bonds is 3. The summed E-state index contributed by atoms with van der Waals surface area (Å²) >= 11 is 0. The van der Waals surface area contributed by atoms with Crippen molar-refractivity contribution in [1.82, 2.24) is 0 Å². The van der Waals surface area contributed by atoms with Crippen LogP contribution in [-0.2, 0) is 9.84 Å². The minimum Gasteiger partial charge on any atom is -0.393 e. The molecule has 2 N–H and O–H groups in total. The molecule has 1 atom stereocenters. The number of anilines is 1. The summed E-state index contributed by atoms with van der Waals surface area (Å²) in [5.41, 5.74) is 1.99. The Bertz CT molecular complexity index is 647. The summed E-state index contributed by atoms with van der Waals surface area (Å²) in [7, 11) is -3.20. The van der Waals surface area contributed by atoms with E-state index in [0.717, 1.165) is 24.1 Å². The Balaban J connectivity index is 2.14. The predicted octanol–water partition coefficient (Wildman–Crippen LogP) is 2.96. The van der Waals surface area contributed by atoms with Crippen molar-refractivity contribution in [3.63, 3.8) is 0 Å². The van der Waals surface area contributed by atoms with Gasteiger partial charge in [-0.1, -0.05) is 25.5 Å². The van der Waals surface area contributed by atoms with Gasteiger partial charge in [0.2, 0.25) is 0 Å². The highest BCUT2D eigenvalue weighted by Gasteiger charge is 2.29. The third-order valence-corrected chi connectivity index (χ3v) is 4.81. The van der Waals surface area contributed by atoms with Crippen molar-refractivity contribution in [2.24, 2.45) is 5.41 Å². The van der Waals surface area contributed by atoms with Gasteiger partial charge in [-0.3, -0.25) is 0 Å². The van der Waals surface area contributed by atoms with Crippen molar-refractivity contribution in [3.8, 4) is 0 Å². The van der Waals surface area contributed by atoms with Crippen molar-refractivity contribution in [1.29, 1.82) is 0 Å². The van der Waals surface area contributed by atoms with Crippen LogP contribution in [-0.4, -0.2) is 25.9 Å². The summed E-state index contributed by atoms with van der Waals surface area (Å²) < 4.78 is 23.1. The summed E-state index contributed by atoms with van der Waals surface area (Å²) in [6.07, 6.45) is 5.21. The highest BCUT2D eigenvalue weighted by atomic mass is 32.2. The highest BCUT2D eigenvalue weighted by molar-refractivity contribution is 7.90. The second-order valence-electron chi connectivity index (χ2n) is 6.65. The van der Waals surface area contributed by atoms with E-state index in [2.05, 4.69) is 19.2 Å². The third kappa shape index (κ3) is 4.58. The summed E-state index contributed by atoms with van der Waals surface area (Å²) in [4.78, 5) is 0.301. The highest BCUT2D eigenvalue weighted by Crippen LogP contribution is 2.38. The summed E-state index contributed by atoms with van der Waals surface area (Å²) in [6.45, 7) is 4.29. The molecule has 0 bridgehead atoms. The van der Waals surface area contributed by atoms with Crippen molar-refractivity contribution >= 4 is 15.5 Å². The first-order chi connectivity index (χ1) is 9.66. The minimum absolute atomic E-state index is 0.0970. The first-order valence-corrected chi connectivity index (χ1v) is 8.97. The minimum atomic E-state index is -3.20. The molecule has 0 spiro atoms. The molecule has 0 saturated heterocycles. The largest absolute Gasteiger partial charge is 0.393 e. The molecule has 1 fully saturated rings. The zero-order chi connectivity index (χ0) is 15.7. The zero-order valence-electron chi connectivity index (χ0n) is 12.8. The van der Waals surface area contributed by atoms with Crippen LogP contribution in [0.2, 0.25) is 0 Å². The lowest BCUT2D eigenvalue weighted by atomic mass is 9.74. The summed E-state index contributed by atoms with van der Waals surface area (Å²) in [5, 5.41) is 13.1. The van der Waals surface area contributed by atoms with Gasteiger partial charge in [0.25, 0.3) is 0 Å². The monoisotopic (exact) mass is 309 g/mol. The number of aliphatic hydroxyl groups is 1. The molecule has 1 aliphatic rings. The van der Waals surface area contributed by atoms with E-state index in [4.69, 9.17) is 0 Å². The van der Waals surface area contributed by atoms with Gasteiger partial charge in [0, 0.05) is 18.1 Å². The Morgan fingerprint density at radius 1 is 1.38 bits per heavy atom. The average molecular weight is 309 g/mol. The molecule has 1 unspecified atom stereocenters. The lowest BCUT2D eigenvalue weighted by Gasteiger charge is -2.34. The van der Waals surface area contributed by atoms with Crippen molar-refractivity contribution in [2.45, 2.75) is 44.1 Å². The molecule has 5 heteroatoms. The van der Waals surface area contributed by atoms with Crippen LogP contribution < -0.4 is 5.32 Å². The maximum atomic E-state index is 11.5. The van der Waals surface area contributed by atoms with Crippen LogP contribution in [0.25, 0.3) is 0 Å². The maximum absolute atomic E-state index is 11.5. The topological polar surface area (TPSA) is 66.4 Å². The van der Waals surface area contributed by atoms with Crippen molar-refractivity contribution in [2.75, 3.05) is 11.6 Å². The van der Waals surface area contributed by atoms with Gasteiger partial charge in [-0.05, 0) is 42.9 Å². The third-order valence-electron chi connectivity index (χ3n) is 3.70. The SMILES string of the molecule is CC1(C)C/C(=C\Nc2cccc(S(C)(=O)=O)c2)CC(O)C1. The molecule has 1 aromatic rings. The fourth-order valence-electron chi connectivity index (χ4n) is 2.88. The Morgan fingerprint density at radius 2 is 2.10 bits per heavy atom. The number of hydrogen-bond acceptors (Lipinski definition) is 4. The Kier molecular flexibility index (Phi) is 4.44. The van der Waals surface area contributed by atoms with Crippen LogP contribution in [0.3, 0.4) is 0 Å². The van der Waals surface area contributed by atoms with Gasteiger partial charge < -0.3 is 10.4 Å².